The highest BCUT2D eigenvalue weighted by molar-refractivity contribution is 6.04. The van der Waals surface area contributed by atoms with Crippen LogP contribution in [0.5, 0.6) is 0 Å². The van der Waals surface area contributed by atoms with Crippen molar-refractivity contribution >= 4 is 52.4 Å². The molecule has 18 heteroatoms. The number of hydrogen-bond acceptors (Lipinski definition) is 14. The molecular formula is C47H64N10O8. The summed E-state index contributed by atoms with van der Waals surface area (Å²) in [4.78, 5) is 83.3. The molecule has 1 saturated carbocycles. The van der Waals surface area contributed by atoms with Crippen molar-refractivity contribution in [2.24, 2.45) is 5.73 Å². The number of likely N-dealkylation sites (tertiary alicyclic amines) is 1. The van der Waals surface area contributed by atoms with E-state index in [1.165, 1.54) is 7.11 Å². The van der Waals surface area contributed by atoms with Crippen LogP contribution in [0.2, 0.25) is 0 Å². The summed E-state index contributed by atoms with van der Waals surface area (Å²) in [6, 6.07) is 6.99. The maximum Gasteiger partial charge on any atom is 0.249 e. The minimum Gasteiger partial charge on any atom is -0.500 e. The molecule has 1 aromatic carbocycles. The minimum absolute atomic E-state index is 0.00358. The number of carbonyl (C=O) groups excluding carboxylic acids is 5. The molecule has 4 atom stereocenters. The summed E-state index contributed by atoms with van der Waals surface area (Å²) >= 11 is 0. The summed E-state index contributed by atoms with van der Waals surface area (Å²) in [6.07, 6.45) is 13.9. The Labute approximate surface area is 380 Å². The highest BCUT2D eigenvalue weighted by Gasteiger charge is 2.51. The zero-order valence-corrected chi connectivity index (χ0v) is 37.8. The maximum absolute atomic E-state index is 14.7. The van der Waals surface area contributed by atoms with Gasteiger partial charge in [0.1, 0.15) is 40.8 Å². The summed E-state index contributed by atoms with van der Waals surface area (Å²) in [6.45, 7) is 3.55. The number of methoxy groups -OCH3 is 1. The van der Waals surface area contributed by atoms with E-state index >= 15 is 0 Å². The number of piperidine rings is 3. The molecule has 4 fully saturated rings. The van der Waals surface area contributed by atoms with Gasteiger partial charge in [-0.1, -0.05) is 31.9 Å². The van der Waals surface area contributed by atoms with Crippen molar-refractivity contribution in [1.82, 2.24) is 25.5 Å². The molecule has 8 rings (SSSR count). The van der Waals surface area contributed by atoms with Crippen LogP contribution in [0.3, 0.4) is 0 Å². The van der Waals surface area contributed by atoms with Crippen LogP contribution in [0, 0.1) is 0 Å². The average molecular weight is 897 g/mol. The minimum atomic E-state index is -1.70. The number of imide groups is 1. The van der Waals surface area contributed by atoms with E-state index in [9.17, 15) is 34.2 Å². The van der Waals surface area contributed by atoms with E-state index in [2.05, 4.69) is 25.8 Å². The monoisotopic (exact) mass is 896 g/mol. The number of aromatic nitrogens is 2. The second-order valence-corrected chi connectivity index (χ2v) is 18.8. The molecule has 4 unspecified atom stereocenters. The Balaban J connectivity index is 0.906. The first kappa shape index (κ1) is 46.0. The number of ether oxygens (including phenoxy) is 1. The Morgan fingerprint density at radius 2 is 1.72 bits per heavy atom. The number of rotatable bonds is 13. The first-order chi connectivity index (χ1) is 31.2. The first-order valence-corrected chi connectivity index (χ1v) is 23.2. The molecule has 350 valence electrons. The van der Waals surface area contributed by atoms with Gasteiger partial charge in [-0.3, -0.25) is 29.3 Å². The summed E-state index contributed by atoms with van der Waals surface area (Å²) in [5, 5.41) is 30.7. The zero-order valence-electron chi connectivity index (χ0n) is 37.8. The fraction of sp³-hybridized carbons (Fsp3) is 0.596. The van der Waals surface area contributed by atoms with Crippen molar-refractivity contribution in [2.75, 3.05) is 67.0 Å². The van der Waals surface area contributed by atoms with Gasteiger partial charge in [0, 0.05) is 69.2 Å². The van der Waals surface area contributed by atoms with E-state index in [4.69, 9.17) is 20.4 Å². The predicted molar refractivity (Wildman–Crippen MR) is 244 cm³/mol. The van der Waals surface area contributed by atoms with Gasteiger partial charge in [-0.15, -0.1) is 0 Å². The number of carbonyl (C=O) groups is 5. The molecule has 65 heavy (non-hydrogen) atoms. The lowest BCUT2D eigenvalue weighted by Crippen LogP contribution is -2.65. The van der Waals surface area contributed by atoms with Gasteiger partial charge in [0.05, 0.1) is 25.3 Å². The summed E-state index contributed by atoms with van der Waals surface area (Å²) < 4.78 is 5.85. The van der Waals surface area contributed by atoms with Crippen molar-refractivity contribution in [2.45, 2.75) is 131 Å². The number of nitrogens with zero attached hydrogens (tertiary/aromatic N) is 6. The van der Waals surface area contributed by atoms with E-state index in [1.54, 1.807) is 41.3 Å². The van der Waals surface area contributed by atoms with E-state index in [0.29, 0.717) is 88.4 Å². The quantitative estimate of drug-likeness (QED) is 0.159. The van der Waals surface area contributed by atoms with Gasteiger partial charge in [-0.2, -0.15) is 0 Å². The number of nitrogens with one attached hydrogen (secondary N) is 3. The molecule has 5 heterocycles. The van der Waals surface area contributed by atoms with Gasteiger partial charge < -0.3 is 50.9 Å². The highest BCUT2D eigenvalue weighted by atomic mass is 16.5. The van der Waals surface area contributed by atoms with Crippen molar-refractivity contribution < 1.29 is 38.9 Å². The SMILES string of the molecule is CCC1C(=O)N(C)c2cnc(C3C(OC)=CC=CC3(N)C(=O)NC3(CCO)CCN(C(=O)CC4(O)CCN(c5ccc(NC6CCC(=O)NC6=O)cc5)CC4)CC3)nc2N1C1CCCC1. The van der Waals surface area contributed by atoms with Gasteiger partial charge >= 0.3 is 0 Å². The number of allylic oxidation sites excluding steroid dienone is 2. The van der Waals surface area contributed by atoms with Gasteiger partial charge in [0.15, 0.2) is 5.82 Å². The smallest absolute Gasteiger partial charge is 0.249 e. The van der Waals surface area contributed by atoms with Crippen molar-refractivity contribution in [3.63, 3.8) is 0 Å². The number of nitrogens with two attached hydrogens (primary N) is 1. The largest absolute Gasteiger partial charge is 0.500 e. The maximum atomic E-state index is 14.7. The van der Waals surface area contributed by atoms with Crippen molar-refractivity contribution in [3.05, 3.63) is 60.3 Å². The van der Waals surface area contributed by atoms with Crippen LogP contribution in [-0.4, -0.2) is 136 Å². The van der Waals surface area contributed by atoms with Crippen LogP contribution in [0.4, 0.5) is 22.9 Å². The molecule has 0 bridgehead atoms. The average Bonchev–Trinajstić information content (AvgIpc) is 3.84. The second kappa shape index (κ2) is 18.7. The molecule has 5 amide bonds. The Bertz CT molecular complexity index is 2200. The molecule has 4 aliphatic heterocycles. The lowest BCUT2D eigenvalue weighted by Gasteiger charge is -2.46. The van der Waals surface area contributed by atoms with E-state index < -0.39 is 34.5 Å². The predicted octanol–water partition coefficient (Wildman–Crippen LogP) is 2.36. The molecule has 6 aliphatic rings. The van der Waals surface area contributed by atoms with Crippen molar-refractivity contribution in [1.29, 1.82) is 0 Å². The number of anilines is 4. The van der Waals surface area contributed by atoms with Gasteiger partial charge in [0.25, 0.3) is 0 Å². The Morgan fingerprint density at radius 1 is 1.02 bits per heavy atom. The first-order valence-electron chi connectivity index (χ1n) is 23.2. The second-order valence-electron chi connectivity index (χ2n) is 18.8. The van der Waals surface area contributed by atoms with Crippen LogP contribution >= 0.6 is 0 Å². The Hall–Kier alpha value is -5.59. The lowest BCUT2D eigenvalue weighted by atomic mass is 9.76. The van der Waals surface area contributed by atoms with Crippen LogP contribution in [0.15, 0.2) is 54.4 Å². The normalized spacial score (nSPS) is 26.6. The number of likely N-dealkylation sites (N-methyl/N-ethyl adjacent to an activating group) is 1. The van der Waals surface area contributed by atoms with Crippen LogP contribution in [-0.2, 0) is 28.7 Å². The summed E-state index contributed by atoms with van der Waals surface area (Å²) in [5.41, 5.74) is 5.77. The van der Waals surface area contributed by atoms with E-state index in [1.807, 2.05) is 31.2 Å². The number of hydrogen-bond donors (Lipinski definition) is 6. The molecule has 0 radical (unpaired) electrons. The standard InChI is InChI=1S/C47H64N10O8/c1-4-34-43(62)54(2)35-29-49-40(52-41(35)57(34)32-8-5-6-9-32)39-36(65-3)10-7-17-47(39,48)44(63)53-45(22-27-58)18-23-56(24-19-45)38(60)28-46(64)20-25-55(26-21-46)31-13-11-30(12-14-31)50-33-15-16-37(59)51-42(33)61/h7,10-14,17,29,32-34,39,50,58,64H,4-6,8-9,15-16,18-28,48H2,1-3H3,(H,53,63)(H,51,59,61). The highest BCUT2D eigenvalue weighted by Crippen LogP contribution is 2.43. The Kier molecular flexibility index (Phi) is 13.2. The van der Waals surface area contributed by atoms with Gasteiger partial charge in [-0.25, -0.2) is 9.97 Å². The lowest BCUT2D eigenvalue weighted by molar-refractivity contribution is -0.140. The van der Waals surface area contributed by atoms with Gasteiger partial charge in [0.2, 0.25) is 29.5 Å². The molecule has 3 saturated heterocycles. The molecule has 1 aromatic heterocycles. The zero-order chi connectivity index (χ0) is 46.1. The fourth-order valence-corrected chi connectivity index (χ4v) is 10.7. The topological polar surface area (TPSA) is 236 Å². The molecule has 0 spiro atoms. The van der Waals surface area contributed by atoms with E-state index in [0.717, 1.165) is 37.1 Å². The summed E-state index contributed by atoms with van der Waals surface area (Å²) in [5.74, 6) is -0.839. The molecule has 7 N–H and O–H groups in total. The third-order valence-corrected chi connectivity index (χ3v) is 14.7. The molecule has 2 aliphatic carbocycles. The van der Waals surface area contributed by atoms with E-state index in [-0.39, 0.29) is 61.0 Å². The molecule has 18 nitrogen and oxygen atoms in total. The number of amides is 5. The van der Waals surface area contributed by atoms with Crippen LogP contribution < -0.4 is 36.4 Å². The Morgan fingerprint density at radius 3 is 2.37 bits per heavy atom. The molecular weight excluding hydrogens is 833 g/mol. The van der Waals surface area contributed by atoms with Crippen molar-refractivity contribution in [3.8, 4) is 0 Å². The third-order valence-electron chi connectivity index (χ3n) is 14.7. The number of aliphatic hydroxyl groups is 2. The number of benzene rings is 1. The number of fused-ring (bicyclic) bond motifs is 1. The molecule has 2 aromatic rings. The third kappa shape index (κ3) is 9.16. The van der Waals surface area contributed by atoms with Gasteiger partial charge in [-0.05, 0) is 88.1 Å². The summed E-state index contributed by atoms with van der Waals surface area (Å²) in [7, 11) is 3.26. The van der Waals surface area contributed by atoms with Crippen LogP contribution in [0.1, 0.15) is 102 Å². The number of aliphatic hydroxyl groups excluding tert-OH is 1. The van der Waals surface area contributed by atoms with Crippen LogP contribution in [0.25, 0.3) is 0 Å². The fourth-order valence-electron chi connectivity index (χ4n) is 10.7.